The zero-order valence-electron chi connectivity index (χ0n) is 19.1. The van der Waals surface area contributed by atoms with Crippen LogP contribution in [-0.4, -0.2) is 30.4 Å². The molecule has 4 heteroatoms. The number of anilines is 1. The molecule has 162 valence electrons. The van der Waals surface area contributed by atoms with Gasteiger partial charge in [-0.2, -0.15) is 0 Å². The van der Waals surface area contributed by atoms with Crippen LogP contribution in [0.3, 0.4) is 0 Å². The highest BCUT2D eigenvalue weighted by Crippen LogP contribution is 2.23. The fourth-order valence-corrected chi connectivity index (χ4v) is 3.03. The van der Waals surface area contributed by atoms with E-state index in [4.69, 9.17) is 0 Å². The van der Waals surface area contributed by atoms with Crippen LogP contribution in [0.25, 0.3) is 0 Å². The quantitative estimate of drug-likeness (QED) is 0.355. The maximum Gasteiger partial charge on any atom is 0.255 e. The first-order valence-corrected chi connectivity index (χ1v) is 11.5. The van der Waals surface area contributed by atoms with E-state index in [2.05, 4.69) is 52.6 Å². The van der Waals surface area contributed by atoms with Crippen LogP contribution >= 0.6 is 15.9 Å². The SMILES string of the molecule is C=C(/C=C\C(=C/C)CN1CCCC1)C(=O)Nc1cccc(Br)c1C.CC.CCC. The summed E-state index contributed by atoms with van der Waals surface area (Å²) in [5, 5.41) is 2.92. The fourth-order valence-electron chi connectivity index (χ4n) is 2.67. The minimum atomic E-state index is -0.177. The monoisotopic (exact) mass is 462 g/mol. The van der Waals surface area contributed by atoms with Crippen molar-refractivity contribution < 1.29 is 4.79 Å². The largest absolute Gasteiger partial charge is 0.322 e. The standard InChI is InChI=1S/C20H25BrN2O.C3H8.C2H6/c1-4-17(14-23-12-5-6-13-23)11-10-15(2)20(24)22-19-9-7-8-18(21)16(19)3;1-3-2;1-2/h4,7-11H,2,5-6,12-14H2,1,3H3,(H,22,24);3H2,1-2H3;1-2H3/b11-10-,17-4+;;. The van der Waals surface area contributed by atoms with E-state index in [1.165, 1.54) is 24.8 Å². The second-order valence-electron chi connectivity index (χ2n) is 6.78. The predicted octanol–water partition coefficient (Wildman–Crippen LogP) is 7.29. The summed E-state index contributed by atoms with van der Waals surface area (Å²) in [4.78, 5) is 14.8. The Bertz CT molecular complexity index is 686. The molecule has 2 rings (SSSR count). The highest BCUT2D eigenvalue weighted by Gasteiger charge is 2.12. The summed E-state index contributed by atoms with van der Waals surface area (Å²) < 4.78 is 0.975. The van der Waals surface area contributed by atoms with Crippen molar-refractivity contribution in [3.8, 4) is 0 Å². The van der Waals surface area contributed by atoms with Crippen molar-refractivity contribution in [2.24, 2.45) is 0 Å². The number of carbonyl (C=O) groups excluding carboxylic acids is 1. The maximum absolute atomic E-state index is 12.3. The van der Waals surface area contributed by atoms with Crippen LogP contribution in [0.4, 0.5) is 5.69 Å². The van der Waals surface area contributed by atoms with E-state index in [9.17, 15) is 4.79 Å². The number of hydrogen-bond acceptors (Lipinski definition) is 2. The van der Waals surface area contributed by atoms with Crippen LogP contribution in [-0.2, 0) is 4.79 Å². The summed E-state index contributed by atoms with van der Waals surface area (Å²) >= 11 is 3.47. The summed E-state index contributed by atoms with van der Waals surface area (Å²) in [5.74, 6) is -0.177. The lowest BCUT2D eigenvalue weighted by atomic mass is 10.1. The summed E-state index contributed by atoms with van der Waals surface area (Å²) in [7, 11) is 0. The second kappa shape index (κ2) is 16.2. The molecule has 0 radical (unpaired) electrons. The molecule has 0 saturated carbocycles. The number of amides is 1. The number of rotatable bonds is 6. The Hall–Kier alpha value is -1.65. The Labute approximate surface area is 187 Å². The average molecular weight is 464 g/mol. The fraction of sp³-hybridized carbons (Fsp3) is 0.480. The Balaban J connectivity index is 0.00000143. The predicted molar refractivity (Wildman–Crippen MR) is 133 cm³/mol. The van der Waals surface area contributed by atoms with Gasteiger partial charge >= 0.3 is 0 Å². The van der Waals surface area contributed by atoms with E-state index < -0.39 is 0 Å². The molecule has 1 saturated heterocycles. The number of hydrogen-bond donors (Lipinski definition) is 1. The molecule has 0 spiro atoms. The minimum absolute atomic E-state index is 0.177. The van der Waals surface area contributed by atoms with Crippen LogP contribution in [0.2, 0.25) is 0 Å². The van der Waals surface area contributed by atoms with Gasteiger partial charge < -0.3 is 5.32 Å². The van der Waals surface area contributed by atoms with Gasteiger partial charge in [0, 0.05) is 22.3 Å². The Morgan fingerprint density at radius 1 is 1.21 bits per heavy atom. The van der Waals surface area contributed by atoms with Gasteiger partial charge in [0.25, 0.3) is 5.91 Å². The number of allylic oxidation sites excluding steroid dienone is 1. The molecule has 1 amide bonds. The maximum atomic E-state index is 12.3. The van der Waals surface area contributed by atoms with Crippen molar-refractivity contribution >= 4 is 27.5 Å². The molecule has 1 N–H and O–H groups in total. The van der Waals surface area contributed by atoms with Gasteiger partial charge in [0.2, 0.25) is 0 Å². The number of halogens is 1. The molecule has 1 aliphatic heterocycles. The van der Waals surface area contributed by atoms with Crippen molar-refractivity contribution in [2.45, 2.75) is 60.8 Å². The lowest BCUT2D eigenvalue weighted by Crippen LogP contribution is -2.21. The van der Waals surface area contributed by atoms with E-state index in [1.54, 1.807) is 6.08 Å². The van der Waals surface area contributed by atoms with Crippen molar-refractivity contribution in [3.63, 3.8) is 0 Å². The first-order valence-electron chi connectivity index (χ1n) is 10.7. The van der Waals surface area contributed by atoms with Gasteiger partial charge in [0.1, 0.15) is 0 Å². The van der Waals surface area contributed by atoms with Crippen LogP contribution in [0.5, 0.6) is 0 Å². The molecule has 29 heavy (non-hydrogen) atoms. The zero-order valence-corrected chi connectivity index (χ0v) is 20.7. The molecule has 1 aliphatic rings. The molecule has 1 aromatic rings. The Morgan fingerprint density at radius 2 is 1.79 bits per heavy atom. The van der Waals surface area contributed by atoms with Gasteiger partial charge in [-0.3, -0.25) is 9.69 Å². The summed E-state index contributed by atoms with van der Waals surface area (Å²) in [6.45, 7) is 19.4. The summed E-state index contributed by atoms with van der Waals surface area (Å²) in [6.07, 6.45) is 9.70. The lowest BCUT2D eigenvalue weighted by molar-refractivity contribution is -0.112. The molecule has 0 unspecified atom stereocenters. The third-order valence-electron chi connectivity index (χ3n) is 4.28. The smallest absolute Gasteiger partial charge is 0.255 e. The molecular formula is C25H39BrN2O. The number of benzene rings is 1. The van der Waals surface area contributed by atoms with Crippen LogP contribution in [0.15, 0.2) is 58.6 Å². The highest BCUT2D eigenvalue weighted by molar-refractivity contribution is 9.10. The lowest BCUT2D eigenvalue weighted by Gasteiger charge is -2.15. The third kappa shape index (κ3) is 10.6. The average Bonchev–Trinajstić information content (AvgIpc) is 3.23. The first kappa shape index (κ1) is 27.4. The molecule has 1 heterocycles. The number of nitrogens with one attached hydrogen (secondary N) is 1. The van der Waals surface area contributed by atoms with Crippen molar-refractivity contribution in [1.82, 2.24) is 4.90 Å². The van der Waals surface area contributed by atoms with Crippen molar-refractivity contribution in [2.75, 3.05) is 25.0 Å². The topological polar surface area (TPSA) is 32.3 Å². The molecule has 0 aromatic heterocycles. The van der Waals surface area contributed by atoms with Gasteiger partial charge in [-0.05, 0) is 69.1 Å². The van der Waals surface area contributed by atoms with Gasteiger partial charge in [0.15, 0.2) is 0 Å². The normalized spacial score (nSPS) is 14.0. The number of nitrogens with zero attached hydrogens (tertiary/aromatic N) is 1. The van der Waals surface area contributed by atoms with E-state index in [0.29, 0.717) is 5.57 Å². The number of carbonyl (C=O) groups is 1. The summed E-state index contributed by atoms with van der Waals surface area (Å²) in [6, 6.07) is 5.75. The van der Waals surface area contributed by atoms with Crippen molar-refractivity contribution in [1.29, 1.82) is 0 Å². The molecule has 1 fully saturated rings. The molecular weight excluding hydrogens is 424 g/mol. The van der Waals surface area contributed by atoms with E-state index in [0.717, 1.165) is 35.4 Å². The summed E-state index contributed by atoms with van der Waals surface area (Å²) in [5.41, 5.74) is 3.47. The Morgan fingerprint density at radius 3 is 2.34 bits per heavy atom. The van der Waals surface area contributed by atoms with E-state index >= 15 is 0 Å². The molecule has 0 atom stereocenters. The molecule has 0 aliphatic carbocycles. The van der Waals surface area contributed by atoms with Crippen molar-refractivity contribution in [3.05, 3.63) is 64.2 Å². The minimum Gasteiger partial charge on any atom is -0.322 e. The Kier molecular flexibility index (Phi) is 15.3. The zero-order chi connectivity index (χ0) is 22.2. The van der Waals surface area contributed by atoms with E-state index in [-0.39, 0.29) is 5.91 Å². The van der Waals surface area contributed by atoms with Crippen LogP contribution in [0.1, 0.15) is 59.4 Å². The van der Waals surface area contributed by atoms with Crippen LogP contribution < -0.4 is 5.32 Å². The molecule has 1 aromatic carbocycles. The van der Waals surface area contributed by atoms with Gasteiger partial charge in [0.05, 0.1) is 0 Å². The van der Waals surface area contributed by atoms with Crippen LogP contribution in [0, 0.1) is 6.92 Å². The van der Waals surface area contributed by atoms with Gasteiger partial charge in [-0.25, -0.2) is 0 Å². The second-order valence-corrected chi connectivity index (χ2v) is 7.63. The third-order valence-corrected chi connectivity index (χ3v) is 5.14. The first-order chi connectivity index (χ1) is 13.9. The highest BCUT2D eigenvalue weighted by atomic mass is 79.9. The van der Waals surface area contributed by atoms with E-state index in [1.807, 2.05) is 52.0 Å². The number of likely N-dealkylation sites (tertiary alicyclic amines) is 1. The van der Waals surface area contributed by atoms with Gasteiger partial charge in [-0.15, -0.1) is 0 Å². The molecule has 3 nitrogen and oxygen atoms in total. The molecule has 0 bridgehead atoms. The van der Waals surface area contributed by atoms with Gasteiger partial charge in [-0.1, -0.05) is 74.8 Å².